The number of ether oxygens (including phenoxy) is 1. The lowest BCUT2D eigenvalue weighted by molar-refractivity contribution is -0.128. The largest absolute Gasteiger partial charge is 0.497 e. The fourth-order valence-corrected chi connectivity index (χ4v) is 3.73. The number of rotatable bonds is 8. The molecule has 4 amide bonds. The second-order valence-electron chi connectivity index (χ2n) is 7.67. The molecule has 4 rings (SSSR count). The van der Waals surface area contributed by atoms with Crippen LogP contribution in [0.1, 0.15) is 24.2 Å². The first-order valence-corrected chi connectivity index (χ1v) is 10.4. The maximum absolute atomic E-state index is 12.7. The van der Waals surface area contributed by atoms with Gasteiger partial charge in [0.05, 0.1) is 31.2 Å². The maximum Gasteiger partial charge on any atom is 0.325 e. The van der Waals surface area contributed by atoms with Crippen LogP contribution in [0.3, 0.4) is 0 Å². The second kappa shape index (κ2) is 9.09. The summed E-state index contributed by atoms with van der Waals surface area (Å²) in [6, 6.07) is 13.8. The highest BCUT2D eigenvalue weighted by Gasteiger charge is 2.37. The molecular weight excluding hydrogens is 410 g/mol. The molecule has 1 aromatic heterocycles. The standard InChI is InChI=1S/C23H25N5O4/c1-27-19-6-4-3-5-17(19)25-20(27)13-24-21(29)12-11-18-22(30)28(23(31)26-18)14-15-7-9-16(32-2)10-8-15/h3-10,18H,11-14H2,1-2H3,(H,24,29)(H,26,31)/t18-/m0/s1. The summed E-state index contributed by atoms with van der Waals surface area (Å²) >= 11 is 0. The van der Waals surface area contributed by atoms with Gasteiger partial charge in [0.25, 0.3) is 5.91 Å². The van der Waals surface area contributed by atoms with Gasteiger partial charge in [0.15, 0.2) is 0 Å². The molecule has 1 aliphatic rings. The monoisotopic (exact) mass is 435 g/mol. The molecule has 1 atom stereocenters. The van der Waals surface area contributed by atoms with E-state index < -0.39 is 12.1 Å². The number of fused-ring (bicyclic) bond motifs is 1. The zero-order valence-electron chi connectivity index (χ0n) is 18.0. The number of methoxy groups -OCH3 is 1. The normalized spacial score (nSPS) is 15.8. The number of amides is 4. The zero-order valence-corrected chi connectivity index (χ0v) is 18.0. The number of nitrogens with zero attached hydrogens (tertiary/aromatic N) is 3. The summed E-state index contributed by atoms with van der Waals surface area (Å²) in [6.45, 7) is 0.461. The van der Waals surface area contributed by atoms with Crippen LogP contribution in [0.25, 0.3) is 11.0 Å². The molecule has 166 valence electrons. The predicted octanol–water partition coefficient (Wildman–Crippen LogP) is 2.10. The Hall–Kier alpha value is -3.88. The first kappa shape index (κ1) is 21.4. The summed E-state index contributed by atoms with van der Waals surface area (Å²) in [5.41, 5.74) is 2.68. The first-order chi connectivity index (χ1) is 15.5. The van der Waals surface area contributed by atoms with Crippen LogP contribution in [-0.4, -0.2) is 45.4 Å². The molecule has 0 bridgehead atoms. The molecule has 0 aliphatic carbocycles. The summed E-state index contributed by atoms with van der Waals surface area (Å²) in [5, 5.41) is 5.51. The Balaban J connectivity index is 1.28. The lowest BCUT2D eigenvalue weighted by Crippen LogP contribution is -2.32. The van der Waals surface area contributed by atoms with E-state index in [1.165, 1.54) is 4.90 Å². The third kappa shape index (κ3) is 4.41. The van der Waals surface area contributed by atoms with Crippen molar-refractivity contribution < 1.29 is 19.1 Å². The number of imidazole rings is 1. The predicted molar refractivity (Wildman–Crippen MR) is 118 cm³/mol. The van der Waals surface area contributed by atoms with Crippen LogP contribution in [0.15, 0.2) is 48.5 Å². The Bertz CT molecular complexity index is 1150. The Kier molecular flexibility index (Phi) is 6.07. The maximum atomic E-state index is 12.7. The number of aromatic nitrogens is 2. The summed E-state index contributed by atoms with van der Waals surface area (Å²) in [7, 11) is 3.48. The number of para-hydroxylation sites is 2. The van der Waals surface area contributed by atoms with E-state index in [1.54, 1.807) is 31.4 Å². The van der Waals surface area contributed by atoms with Crippen molar-refractivity contribution in [1.82, 2.24) is 25.1 Å². The molecule has 32 heavy (non-hydrogen) atoms. The molecule has 0 saturated carbocycles. The highest BCUT2D eigenvalue weighted by molar-refractivity contribution is 6.04. The van der Waals surface area contributed by atoms with E-state index in [2.05, 4.69) is 15.6 Å². The molecule has 0 unspecified atom stereocenters. The molecule has 1 aliphatic heterocycles. The highest BCUT2D eigenvalue weighted by Crippen LogP contribution is 2.18. The minimum atomic E-state index is -0.706. The van der Waals surface area contributed by atoms with Crippen LogP contribution in [0.4, 0.5) is 4.79 Å². The van der Waals surface area contributed by atoms with Crippen LogP contribution in [0, 0.1) is 0 Å². The lowest BCUT2D eigenvalue weighted by atomic mass is 10.1. The van der Waals surface area contributed by atoms with Crippen molar-refractivity contribution in [3.63, 3.8) is 0 Å². The summed E-state index contributed by atoms with van der Waals surface area (Å²) in [6.07, 6.45) is 0.356. The van der Waals surface area contributed by atoms with E-state index in [-0.39, 0.29) is 31.2 Å². The Morgan fingerprint density at radius 2 is 1.91 bits per heavy atom. The van der Waals surface area contributed by atoms with Crippen LogP contribution in [0.5, 0.6) is 5.75 Å². The van der Waals surface area contributed by atoms with Crippen LogP contribution < -0.4 is 15.4 Å². The van der Waals surface area contributed by atoms with Gasteiger partial charge in [-0.15, -0.1) is 0 Å². The van der Waals surface area contributed by atoms with Crippen molar-refractivity contribution in [3.8, 4) is 5.75 Å². The molecule has 2 heterocycles. The van der Waals surface area contributed by atoms with Crippen LogP contribution in [-0.2, 0) is 29.7 Å². The Morgan fingerprint density at radius 3 is 2.62 bits per heavy atom. The van der Waals surface area contributed by atoms with Gasteiger partial charge in [-0.05, 0) is 36.2 Å². The van der Waals surface area contributed by atoms with Gasteiger partial charge >= 0.3 is 6.03 Å². The number of carbonyl (C=O) groups excluding carboxylic acids is 3. The van der Waals surface area contributed by atoms with E-state index in [1.807, 2.05) is 35.9 Å². The van der Waals surface area contributed by atoms with Crippen LogP contribution >= 0.6 is 0 Å². The minimum Gasteiger partial charge on any atom is -0.497 e. The van der Waals surface area contributed by atoms with Crippen molar-refractivity contribution in [2.45, 2.75) is 32.0 Å². The number of aryl methyl sites for hydroxylation is 1. The first-order valence-electron chi connectivity index (χ1n) is 10.4. The van der Waals surface area contributed by atoms with Gasteiger partial charge < -0.3 is 19.9 Å². The molecule has 1 saturated heterocycles. The second-order valence-corrected chi connectivity index (χ2v) is 7.67. The van der Waals surface area contributed by atoms with Gasteiger partial charge in [-0.25, -0.2) is 9.78 Å². The topological polar surface area (TPSA) is 106 Å². The third-order valence-electron chi connectivity index (χ3n) is 5.59. The van der Waals surface area contributed by atoms with Gasteiger partial charge in [0.1, 0.15) is 17.6 Å². The Labute approximate surface area is 185 Å². The summed E-state index contributed by atoms with van der Waals surface area (Å²) in [5.74, 6) is 0.922. The van der Waals surface area contributed by atoms with E-state index in [0.717, 1.165) is 22.4 Å². The molecule has 2 N–H and O–H groups in total. The highest BCUT2D eigenvalue weighted by atomic mass is 16.5. The molecule has 0 spiro atoms. The fourth-order valence-electron chi connectivity index (χ4n) is 3.73. The Morgan fingerprint density at radius 1 is 1.16 bits per heavy atom. The summed E-state index contributed by atoms with van der Waals surface area (Å²) in [4.78, 5) is 42.9. The fraction of sp³-hybridized carbons (Fsp3) is 0.304. The molecule has 1 fully saturated rings. The average Bonchev–Trinajstić information content (AvgIpc) is 3.27. The van der Waals surface area contributed by atoms with Gasteiger partial charge in [-0.3, -0.25) is 14.5 Å². The lowest BCUT2D eigenvalue weighted by Gasteiger charge is -2.13. The van der Waals surface area contributed by atoms with Crippen molar-refractivity contribution in [1.29, 1.82) is 0 Å². The van der Waals surface area contributed by atoms with E-state index in [9.17, 15) is 14.4 Å². The number of imide groups is 1. The van der Waals surface area contributed by atoms with Crippen molar-refractivity contribution in [2.24, 2.45) is 7.05 Å². The number of hydrogen-bond donors (Lipinski definition) is 2. The molecular formula is C23H25N5O4. The van der Waals surface area contributed by atoms with Crippen molar-refractivity contribution in [3.05, 3.63) is 59.9 Å². The van der Waals surface area contributed by atoms with Gasteiger partial charge in [-0.2, -0.15) is 0 Å². The molecule has 2 aromatic carbocycles. The van der Waals surface area contributed by atoms with Crippen molar-refractivity contribution in [2.75, 3.05) is 7.11 Å². The number of hydrogen-bond acceptors (Lipinski definition) is 5. The summed E-state index contributed by atoms with van der Waals surface area (Å²) < 4.78 is 7.06. The number of benzene rings is 2. The zero-order chi connectivity index (χ0) is 22.7. The van der Waals surface area contributed by atoms with Crippen molar-refractivity contribution >= 4 is 28.9 Å². The van der Waals surface area contributed by atoms with Gasteiger partial charge in [-0.1, -0.05) is 24.3 Å². The number of urea groups is 1. The third-order valence-corrected chi connectivity index (χ3v) is 5.59. The SMILES string of the molecule is COc1ccc(CN2C(=O)N[C@@H](CCC(=O)NCc3nc4ccccc4n3C)C2=O)cc1. The minimum absolute atomic E-state index is 0.122. The quantitative estimate of drug-likeness (QED) is 0.527. The number of carbonyl (C=O) groups is 3. The van der Waals surface area contributed by atoms with Gasteiger partial charge in [0.2, 0.25) is 5.91 Å². The molecule has 9 heteroatoms. The van der Waals surface area contributed by atoms with E-state index >= 15 is 0 Å². The van der Waals surface area contributed by atoms with E-state index in [0.29, 0.717) is 12.3 Å². The molecule has 3 aromatic rings. The van der Waals surface area contributed by atoms with E-state index in [4.69, 9.17) is 4.74 Å². The number of nitrogens with one attached hydrogen (secondary N) is 2. The smallest absolute Gasteiger partial charge is 0.325 e. The average molecular weight is 435 g/mol. The molecule has 9 nitrogen and oxygen atoms in total. The molecule has 0 radical (unpaired) electrons. The van der Waals surface area contributed by atoms with Crippen LogP contribution in [0.2, 0.25) is 0 Å². The van der Waals surface area contributed by atoms with Gasteiger partial charge in [0, 0.05) is 13.5 Å².